The second kappa shape index (κ2) is 4.91. The largest absolute Gasteiger partial charge is 0.288 e. The fourth-order valence-electron chi connectivity index (χ4n) is 1.11. The summed E-state index contributed by atoms with van der Waals surface area (Å²) in [6, 6.07) is 9.78. The van der Waals surface area contributed by atoms with Crippen LogP contribution in [0, 0.1) is 0 Å². The number of hydrazine groups is 1. The summed E-state index contributed by atoms with van der Waals surface area (Å²) in [6.07, 6.45) is -1.51. The van der Waals surface area contributed by atoms with E-state index in [2.05, 4.69) is 5.43 Å². The molecule has 1 aromatic carbocycles. The Hall–Kier alpha value is -0.970. The van der Waals surface area contributed by atoms with Crippen LogP contribution in [0.3, 0.4) is 0 Å². The van der Waals surface area contributed by atoms with Crippen molar-refractivity contribution in [3.63, 3.8) is 0 Å². The third-order valence-corrected chi connectivity index (χ3v) is 1.61. The van der Waals surface area contributed by atoms with Gasteiger partial charge in [0.15, 0.2) is 0 Å². The van der Waals surface area contributed by atoms with E-state index in [-0.39, 0.29) is 0 Å². The average Bonchev–Trinajstić information content (AvgIpc) is 2.04. The van der Waals surface area contributed by atoms with Gasteiger partial charge in [-0.15, -0.1) is 0 Å². The van der Waals surface area contributed by atoms with E-state index >= 15 is 0 Å². The van der Waals surface area contributed by atoms with E-state index in [4.69, 9.17) is 5.73 Å². The Balaban J connectivity index is 2.41. The third kappa shape index (κ3) is 3.98. The van der Waals surface area contributed by atoms with Crippen LogP contribution in [0.15, 0.2) is 30.3 Å². The second-order valence-electron chi connectivity index (χ2n) is 2.87. The van der Waals surface area contributed by atoms with Crippen LogP contribution in [0.5, 0.6) is 0 Å². The van der Waals surface area contributed by atoms with Crippen LogP contribution in [0.1, 0.15) is 5.56 Å². The summed E-state index contributed by atoms with van der Waals surface area (Å²) >= 11 is 0. The van der Waals surface area contributed by atoms with Crippen LogP contribution < -0.4 is 11.2 Å². The predicted octanol–water partition coefficient (Wildman–Crippen LogP) is 0.835. The maximum Gasteiger partial charge on any atom is 0.215 e. The normalized spacial score (nSPS) is 13.2. The highest BCUT2D eigenvalue weighted by molar-refractivity contribution is 5.14. The number of rotatable bonds is 4. The third-order valence-electron chi connectivity index (χ3n) is 1.61. The lowest BCUT2D eigenvalue weighted by Crippen LogP contribution is -2.44. The first-order valence-electron chi connectivity index (χ1n) is 4.09. The maximum absolute atomic E-state index is 12.3. The molecule has 0 aliphatic rings. The lowest BCUT2D eigenvalue weighted by atomic mass is 10.2. The Morgan fingerprint density at radius 1 is 1.46 bits per heavy atom. The van der Waals surface area contributed by atoms with E-state index in [0.29, 0.717) is 6.54 Å². The molecule has 0 heterocycles. The molecule has 1 rings (SSSR count). The zero-order valence-corrected chi connectivity index (χ0v) is 7.57. The standard InChI is InChI=1S/C9H14FN3/c1-13(12-9(10)11)7-8-5-3-2-4-6-8/h2-6,9,12H,7,11H2,1H3. The molecular formula is C9H14FN3. The minimum atomic E-state index is -1.51. The van der Waals surface area contributed by atoms with Crippen LogP contribution in [-0.4, -0.2) is 18.5 Å². The van der Waals surface area contributed by atoms with Gasteiger partial charge in [-0.1, -0.05) is 30.3 Å². The van der Waals surface area contributed by atoms with E-state index in [0.717, 1.165) is 5.56 Å². The number of hydrogen-bond acceptors (Lipinski definition) is 3. The maximum atomic E-state index is 12.3. The molecule has 0 aliphatic heterocycles. The van der Waals surface area contributed by atoms with Crippen LogP contribution >= 0.6 is 0 Å². The van der Waals surface area contributed by atoms with E-state index < -0.39 is 6.42 Å². The monoisotopic (exact) mass is 183 g/mol. The van der Waals surface area contributed by atoms with Gasteiger partial charge in [-0.2, -0.15) is 0 Å². The summed E-state index contributed by atoms with van der Waals surface area (Å²) in [6.45, 7) is 0.623. The van der Waals surface area contributed by atoms with Gasteiger partial charge in [0.2, 0.25) is 6.42 Å². The Morgan fingerprint density at radius 2 is 2.08 bits per heavy atom. The molecule has 0 amide bonds. The van der Waals surface area contributed by atoms with Crippen molar-refractivity contribution in [1.29, 1.82) is 0 Å². The molecule has 4 heteroatoms. The van der Waals surface area contributed by atoms with Gasteiger partial charge in [-0.25, -0.2) is 14.8 Å². The van der Waals surface area contributed by atoms with Crippen molar-refractivity contribution in [3.8, 4) is 0 Å². The van der Waals surface area contributed by atoms with Crippen molar-refractivity contribution in [3.05, 3.63) is 35.9 Å². The molecule has 0 aromatic heterocycles. The lowest BCUT2D eigenvalue weighted by Gasteiger charge is -2.18. The number of nitrogens with two attached hydrogens (primary N) is 1. The molecule has 3 N–H and O–H groups in total. The van der Waals surface area contributed by atoms with Crippen molar-refractivity contribution >= 4 is 0 Å². The Kier molecular flexibility index (Phi) is 3.82. The van der Waals surface area contributed by atoms with Crippen molar-refractivity contribution < 1.29 is 4.39 Å². The highest BCUT2D eigenvalue weighted by atomic mass is 19.1. The van der Waals surface area contributed by atoms with E-state index in [1.165, 1.54) is 0 Å². The molecular weight excluding hydrogens is 169 g/mol. The van der Waals surface area contributed by atoms with Crippen molar-refractivity contribution in [2.24, 2.45) is 5.73 Å². The molecule has 1 aromatic rings. The van der Waals surface area contributed by atoms with E-state index in [1.807, 2.05) is 30.3 Å². The van der Waals surface area contributed by atoms with Crippen LogP contribution in [0.2, 0.25) is 0 Å². The highest BCUT2D eigenvalue weighted by Crippen LogP contribution is 2.00. The van der Waals surface area contributed by atoms with Gasteiger partial charge in [-0.05, 0) is 5.56 Å². The fraction of sp³-hybridized carbons (Fsp3) is 0.333. The van der Waals surface area contributed by atoms with E-state index in [1.54, 1.807) is 12.1 Å². The molecule has 1 atom stereocenters. The molecule has 72 valence electrons. The van der Waals surface area contributed by atoms with Gasteiger partial charge >= 0.3 is 0 Å². The van der Waals surface area contributed by atoms with Gasteiger partial charge in [0.05, 0.1) is 0 Å². The van der Waals surface area contributed by atoms with Crippen molar-refractivity contribution in [2.45, 2.75) is 13.0 Å². The van der Waals surface area contributed by atoms with E-state index in [9.17, 15) is 4.39 Å². The molecule has 0 fully saturated rings. The zero-order chi connectivity index (χ0) is 9.68. The number of benzene rings is 1. The number of halogens is 1. The number of nitrogens with one attached hydrogen (secondary N) is 1. The molecule has 0 saturated carbocycles. The van der Waals surface area contributed by atoms with Crippen molar-refractivity contribution in [1.82, 2.24) is 10.4 Å². The molecule has 0 spiro atoms. The average molecular weight is 183 g/mol. The molecule has 1 unspecified atom stereocenters. The van der Waals surface area contributed by atoms with Gasteiger partial charge in [0.1, 0.15) is 0 Å². The Morgan fingerprint density at radius 3 is 2.62 bits per heavy atom. The lowest BCUT2D eigenvalue weighted by molar-refractivity contribution is 0.119. The first-order valence-corrected chi connectivity index (χ1v) is 4.09. The minimum Gasteiger partial charge on any atom is -0.288 e. The summed E-state index contributed by atoms with van der Waals surface area (Å²) < 4.78 is 12.3. The fourth-order valence-corrected chi connectivity index (χ4v) is 1.11. The van der Waals surface area contributed by atoms with Gasteiger partial charge in [-0.3, -0.25) is 5.73 Å². The summed E-state index contributed by atoms with van der Waals surface area (Å²) in [7, 11) is 1.74. The molecule has 0 bridgehead atoms. The predicted molar refractivity (Wildman–Crippen MR) is 50.1 cm³/mol. The van der Waals surface area contributed by atoms with Crippen LogP contribution in [-0.2, 0) is 6.54 Å². The van der Waals surface area contributed by atoms with Crippen LogP contribution in [0.4, 0.5) is 4.39 Å². The molecule has 0 saturated heterocycles. The number of hydrogen-bond donors (Lipinski definition) is 2. The van der Waals surface area contributed by atoms with Gasteiger partial charge in [0, 0.05) is 13.6 Å². The topological polar surface area (TPSA) is 41.3 Å². The summed E-state index contributed by atoms with van der Waals surface area (Å²) in [5.74, 6) is 0. The molecule has 0 radical (unpaired) electrons. The first-order chi connectivity index (χ1) is 6.18. The smallest absolute Gasteiger partial charge is 0.215 e. The minimum absolute atomic E-state index is 0.623. The first kappa shape index (κ1) is 10.1. The van der Waals surface area contributed by atoms with Crippen molar-refractivity contribution in [2.75, 3.05) is 7.05 Å². The highest BCUT2D eigenvalue weighted by Gasteiger charge is 2.02. The SMILES string of the molecule is CN(Cc1ccccc1)NC(N)F. The quantitative estimate of drug-likeness (QED) is 0.413. The molecule has 13 heavy (non-hydrogen) atoms. The zero-order valence-electron chi connectivity index (χ0n) is 7.57. The number of alkyl halides is 1. The number of nitrogens with zero attached hydrogens (tertiary/aromatic N) is 1. The van der Waals surface area contributed by atoms with Gasteiger partial charge in [0.25, 0.3) is 0 Å². The molecule has 3 nitrogen and oxygen atoms in total. The second-order valence-corrected chi connectivity index (χ2v) is 2.87. The summed E-state index contributed by atoms with van der Waals surface area (Å²) in [4.78, 5) is 0. The van der Waals surface area contributed by atoms with Gasteiger partial charge < -0.3 is 0 Å². The Bertz CT molecular complexity index is 238. The Labute approximate surface area is 77.3 Å². The molecule has 0 aliphatic carbocycles. The van der Waals surface area contributed by atoms with Crippen LogP contribution in [0.25, 0.3) is 0 Å². The summed E-state index contributed by atoms with van der Waals surface area (Å²) in [5.41, 5.74) is 8.47. The summed E-state index contributed by atoms with van der Waals surface area (Å²) in [5, 5.41) is 1.61.